The number of hydrogen-bond donors (Lipinski definition) is 0. The number of carbonyl (C=O) groups is 1. The van der Waals surface area contributed by atoms with Gasteiger partial charge in [0.1, 0.15) is 17.3 Å². The Kier molecular flexibility index (Phi) is 4.01. The molecule has 6 heteroatoms. The number of rotatable bonds is 3. The molecule has 1 aliphatic rings. The minimum Gasteiger partial charge on any atom is -0.457 e. The first kappa shape index (κ1) is 15.8. The number of aromatic nitrogens is 1. The van der Waals surface area contributed by atoms with E-state index in [-0.39, 0.29) is 6.61 Å². The van der Waals surface area contributed by atoms with Crippen LogP contribution in [0.5, 0.6) is 0 Å². The lowest BCUT2D eigenvalue weighted by Gasteiger charge is -2.09. The molecule has 0 saturated carbocycles. The summed E-state index contributed by atoms with van der Waals surface area (Å²) in [6.45, 7) is -0.0116. The van der Waals surface area contributed by atoms with Crippen LogP contribution in [0.15, 0.2) is 45.7 Å². The minimum absolute atomic E-state index is 0.0116. The fourth-order valence-corrected chi connectivity index (χ4v) is 3.25. The minimum atomic E-state index is -0.522. The molecule has 2 heterocycles. The number of halogens is 1. The number of pyridine rings is 1. The molecule has 1 aliphatic carbocycles. The second-order valence-electron chi connectivity index (χ2n) is 6.01. The van der Waals surface area contributed by atoms with E-state index in [1.54, 1.807) is 6.07 Å². The SMILES string of the molecule is O=C(OCc1cc(=O)oc2cc3c(cc12)CCC3)c1ccc(Cl)nc1. The summed E-state index contributed by atoms with van der Waals surface area (Å²) in [5.41, 5.74) is 3.50. The summed E-state index contributed by atoms with van der Waals surface area (Å²) >= 11 is 5.71. The number of benzene rings is 1. The number of nitrogens with zero attached hydrogens (tertiary/aromatic N) is 1. The average Bonchev–Trinajstić information content (AvgIpc) is 3.05. The fourth-order valence-electron chi connectivity index (χ4n) is 3.14. The molecule has 0 unspecified atom stereocenters. The topological polar surface area (TPSA) is 69.4 Å². The van der Waals surface area contributed by atoms with Crippen molar-refractivity contribution in [2.24, 2.45) is 0 Å². The molecule has 3 aromatic rings. The van der Waals surface area contributed by atoms with Gasteiger partial charge in [0.15, 0.2) is 0 Å². The highest BCUT2D eigenvalue weighted by Gasteiger charge is 2.16. The molecular formula is C19H14ClNO4. The van der Waals surface area contributed by atoms with Crippen molar-refractivity contribution in [2.45, 2.75) is 25.9 Å². The Bertz CT molecular complexity index is 1020. The van der Waals surface area contributed by atoms with Crippen LogP contribution in [0.3, 0.4) is 0 Å². The standard InChI is InChI=1S/C19H14ClNO4/c20-17-5-4-13(9-21-17)19(23)24-10-14-8-18(22)25-16-7-12-3-1-2-11(12)6-15(14)16/h4-9H,1-3,10H2. The van der Waals surface area contributed by atoms with Crippen molar-refractivity contribution in [3.63, 3.8) is 0 Å². The smallest absolute Gasteiger partial charge is 0.340 e. The van der Waals surface area contributed by atoms with Gasteiger partial charge in [-0.05, 0) is 54.7 Å². The highest BCUT2D eigenvalue weighted by atomic mass is 35.5. The molecule has 1 aromatic carbocycles. The van der Waals surface area contributed by atoms with E-state index in [0.29, 0.717) is 21.9 Å². The predicted molar refractivity (Wildman–Crippen MR) is 92.9 cm³/mol. The van der Waals surface area contributed by atoms with E-state index in [9.17, 15) is 9.59 Å². The number of hydrogen-bond acceptors (Lipinski definition) is 5. The Morgan fingerprint density at radius 3 is 2.76 bits per heavy atom. The van der Waals surface area contributed by atoms with E-state index in [1.165, 1.54) is 29.5 Å². The van der Waals surface area contributed by atoms with E-state index < -0.39 is 11.6 Å². The highest BCUT2D eigenvalue weighted by Crippen LogP contribution is 2.28. The van der Waals surface area contributed by atoms with Crippen molar-refractivity contribution >= 4 is 28.5 Å². The predicted octanol–water partition coefficient (Wildman–Crippen LogP) is 3.69. The Morgan fingerprint density at radius 1 is 1.20 bits per heavy atom. The maximum Gasteiger partial charge on any atom is 0.340 e. The van der Waals surface area contributed by atoms with Crippen LogP contribution in [0.4, 0.5) is 0 Å². The van der Waals surface area contributed by atoms with Crippen molar-refractivity contribution in [2.75, 3.05) is 0 Å². The van der Waals surface area contributed by atoms with Crippen molar-refractivity contribution in [1.29, 1.82) is 0 Å². The van der Waals surface area contributed by atoms with Gasteiger partial charge in [-0.3, -0.25) is 0 Å². The van der Waals surface area contributed by atoms with Gasteiger partial charge in [-0.25, -0.2) is 14.6 Å². The molecule has 0 aliphatic heterocycles. The van der Waals surface area contributed by atoms with Crippen LogP contribution in [0.2, 0.25) is 5.15 Å². The van der Waals surface area contributed by atoms with Gasteiger partial charge in [-0.1, -0.05) is 11.6 Å². The van der Waals surface area contributed by atoms with Crippen LogP contribution < -0.4 is 5.63 Å². The Hall–Kier alpha value is -2.66. The van der Waals surface area contributed by atoms with E-state index in [2.05, 4.69) is 4.98 Å². The molecule has 126 valence electrons. The number of ether oxygens (including phenoxy) is 1. The van der Waals surface area contributed by atoms with Crippen LogP contribution >= 0.6 is 11.6 Å². The van der Waals surface area contributed by atoms with Gasteiger partial charge in [0.25, 0.3) is 0 Å². The van der Waals surface area contributed by atoms with E-state index >= 15 is 0 Å². The summed E-state index contributed by atoms with van der Waals surface area (Å²) in [4.78, 5) is 27.8. The lowest BCUT2D eigenvalue weighted by Crippen LogP contribution is -2.08. The molecule has 4 rings (SSSR count). The van der Waals surface area contributed by atoms with Crippen molar-refractivity contribution < 1.29 is 13.9 Å². The van der Waals surface area contributed by atoms with Gasteiger partial charge < -0.3 is 9.15 Å². The summed E-state index contributed by atoms with van der Waals surface area (Å²) in [5.74, 6) is -0.522. The monoisotopic (exact) mass is 355 g/mol. The molecule has 0 bridgehead atoms. The lowest BCUT2D eigenvalue weighted by molar-refractivity contribution is 0.0473. The number of aryl methyl sites for hydroxylation is 2. The molecule has 0 N–H and O–H groups in total. The third kappa shape index (κ3) is 3.15. The van der Waals surface area contributed by atoms with Gasteiger partial charge in [-0.15, -0.1) is 0 Å². The first-order valence-electron chi connectivity index (χ1n) is 7.97. The molecule has 5 nitrogen and oxygen atoms in total. The first-order chi connectivity index (χ1) is 12.1. The van der Waals surface area contributed by atoms with Crippen LogP contribution in [0, 0.1) is 0 Å². The Labute approximate surface area is 148 Å². The molecule has 2 aromatic heterocycles. The van der Waals surface area contributed by atoms with Crippen LogP contribution in [-0.4, -0.2) is 11.0 Å². The zero-order chi connectivity index (χ0) is 17.4. The number of esters is 1. The zero-order valence-electron chi connectivity index (χ0n) is 13.3. The Morgan fingerprint density at radius 2 is 2.00 bits per heavy atom. The van der Waals surface area contributed by atoms with Crippen molar-refractivity contribution in [3.8, 4) is 0 Å². The van der Waals surface area contributed by atoms with Gasteiger partial charge in [-0.2, -0.15) is 0 Å². The van der Waals surface area contributed by atoms with E-state index in [1.807, 2.05) is 12.1 Å². The maximum atomic E-state index is 12.1. The average molecular weight is 356 g/mol. The number of carbonyl (C=O) groups excluding carboxylic acids is 1. The summed E-state index contributed by atoms with van der Waals surface area (Å²) in [5, 5.41) is 1.11. The van der Waals surface area contributed by atoms with Crippen LogP contribution in [0.1, 0.15) is 33.5 Å². The summed E-state index contributed by atoms with van der Waals surface area (Å²) in [7, 11) is 0. The van der Waals surface area contributed by atoms with Crippen LogP contribution in [-0.2, 0) is 24.2 Å². The fraction of sp³-hybridized carbons (Fsp3) is 0.211. The second-order valence-corrected chi connectivity index (χ2v) is 6.39. The molecular weight excluding hydrogens is 342 g/mol. The molecule has 0 saturated heterocycles. The maximum absolute atomic E-state index is 12.1. The largest absolute Gasteiger partial charge is 0.457 e. The Balaban J connectivity index is 1.63. The summed E-state index contributed by atoms with van der Waals surface area (Å²) in [6, 6.07) is 8.40. The first-order valence-corrected chi connectivity index (χ1v) is 8.35. The van der Waals surface area contributed by atoms with Crippen molar-refractivity contribution in [1.82, 2.24) is 4.98 Å². The third-order valence-electron chi connectivity index (χ3n) is 4.36. The van der Waals surface area contributed by atoms with Gasteiger partial charge >= 0.3 is 11.6 Å². The molecule has 0 atom stereocenters. The third-order valence-corrected chi connectivity index (χ3v) is 4.59. The van der Waals surface area contributed by atoms with E-state index in [4.69, 9.17) is 20.8 Å². The van der Waals surface area contributed by atoms with Crippen molar-refractivity contribution in [3.05, 3.63) is 74.4 Å². The lowest BCUT2D eigenvalue weighted by atomic mass is 10.0. The van der Waals surface area contributed by atoms with Gasteiger partial charge in [0.2, 0.25) is 0 Å². The zero-order valence-corrected chi connectivity index (χ0v) is 14.0. The van der Waals surface area contributed by atoms with Crippen LogP contribution in [0.25, 0.3) is 11.0 Å². The van der Waals surface area contributed by atoms with Gasteiger partial charge in [0, 0.05) is 23.2 Å². The normalized spacial score (nSPS) is 13.0. The molecule has 0 spiro atoms. The molecule has 25 heavy (non-hydrogen) atoms. The summed E-state index contributed by atoms with van der Waals surface area (Å²) in [6.07, 6.45) is 4.47. The number of fused-ring (bicyclic) bond motifs is 2. The second kappa shape index (κ2) is 6.33. The highest BCUT2D eigenvalue weighted by molar-refractivity contribution is 6.29. The quantitative estimate of drug-likeness (QED) is 0.407. The molecule has 0 fully saturated rings. The summed E-state index contributed by atoms with van der Waals surface area (Å²) < 4.78 is 10.6. The molecule has 0 radical (unpaired) electrons. The van der Waals surface area contributed by atoms with Gasteiger partial charge in [0.05, 0.1) is 5.56 Å². The molecule has 0 amide bonds. The van der Waals surface area contributed by atoms with E-state index in [0.717, 1.165) is 24.6 Å².